The number of carbonyl (C=O) groups excluding carboxylic acids is 2. The van der Waals surface area contributed by atoms with E-state index in [0.29, 0.717) is 22.1 Å². The Kier molecular flexibility index (Phi) is 6.07. The molecule has 35 heavy (non-hydrogen) atoms. The molecular weight excluding hydrogens is 482 g/mol. The zero-order chi connectivity index (χ0) is 24.5. The highest BCUT2D eigenvalue weighted by molar-refractivity contribution is 7.22. The molecule has 0 aliphatic heterocycles. The number of thiazole rings is 1. The van der Waals surface area contributed by atoms with E-state index in [2.05, 4.69) is 20.7 Å². The highest BCUT2D eigenvalue weighted by atomic mass is 35.5. The number of anilines is 2. The fourth-order valence-corrected chi connectivity index (χ4v) is 5.07. The van der Waals surface area contributed by atoms with Crippen molar-refractivity contribution in [2.45, 2.75) is 13.8 Å². The third-order valence-corrected chi connectivity index (χ3v) is 6.78. The van der Waals surface area contributed by atoms with Gasteiger partial charge in [0, 0.05) is 0 Å². The molecule has 0 aliphatic carbocycles. The van der Waals surface area contributed by atoms with Crippen LogP contribution in [0.25, 0.3) is 15.9 Å². The van der Waals surface area contributed by atoms with Crippen molar-refractivity contribution >= 4 is 55.8 Å². The van der Waals surface area contributed by atoms with Crippen molar-refractivity contribution in [2.75, 3.05) is 10.6 Å². The molecule has 5 rings (SSSR count). The molecule has 2 heterocycles. The molecule has 174 valence electrons. The highest BCUT2D eigenvalue weighted by Gasteiger charge is 2.23. The minimum atomic E-state index is -0.453. The van der Waals surface area contributed by atoms with E-state index in [1.165, 1.54) is 16.0 Å². The van der Waals surface area contributed by atoms with Crippen molar-refractivity contribution in [3.05, 3.63) is 100 Å². The van der Waals surface area contributed by atoms with Gasteiger partial charge >= 0.3 is 0 Å². The van der Waals surface area contributed by atoms with Gasteiger partial charge in [-0.05, 0) is 49.7 Å². The SMILES string of the molecule is Cc1nn(-c2ccccc2)c(Cl)c1C(=O)Nc1ccccc1C(=O)Nc1nc2c(C)cccc2s1. The second kappa shape index (κ2) is 9.32. The maximum Gasteiger partial charge on any atom is 0.260 e. The predicted molar refractivity (Wildman–Crippen MR) is 140 cm³/mol. The number of aryl methyl sites for hydroxylation is 2. The standard InChI is InChI=1S/C26H20ClN5O2S/c1-15-9-8-14-20-22(15)29-26(35-20)30-24(33)18-12-6-7-13-19(18)28-25(34)21-16(2)31-32(23(21)27)17-10-4-3-5-11-17/h3-14H,1-2H3,(H,28,34)(H,29,30,33). The molecule has 0 spiro atoms. The van der Waals surface area contributed by atoms with Gasteiger partial charge in [0.1, 0.15) is 10.7 Å². The van der Waals surface area contributed by atoms with E-state index in [0.717, 1.165) is 21.5 Å². The zero-order valence-corrected chi connectivity index (χ0v) is 20.4. The van der Waals surface area contributed by atoms with E-state index in [4.69, 9.17) is 11.6 Å². The number of halogens is 1. The van der Waals surface area contributed by atoms with Crippen molar-refractivity contribution in [2.24, 2.45) is 0 Å². The first-order valence-electron chi connectivity index (χ1n) is 10.8. The van der Waals surface area contributed by atoms with E-state index in [1.807, 2.05) is 55.5 Å². The van der Waals surface area contributed by atoms with E-state index in [-0.39, 0.29) is 16.6 Å². The third kappa shape index (κ3) is 4.41. The van der Waals surface area contributed by atoms with Gasteiger partial charge in [0.05, 0.1) is 32.8 Å². The van der Waals surface area contributed by atoms with Crippen LogP contribution in [-0.2, 0) is 0 Å². The summed E-state index contributed by atoms with van der Waals surface area (Å²) in [6.45, 7) is 3.69. The summed E-state index contributed by atoms with van der Waals surface area (Å²) in [7, 11) is 0. The van der Waals surface area contributed by atoms with Crippen LogP contribution in [0.5, 0.6) is 0 Å². The van der Waals surface area contributed by atoms with Crippen molar-refractivity contribution in [1.29, 1.82) is 0 Å². The summed E-state index contributed by atoms with van der Waals surface area (Å²) in [5.41, 5.74) is 4.02. The number of rotatable bonds is 5. The van der Waals surface area contributed by atoms with Crippen LogP contribution >= 0.6 is 22.9 Å². The van der Waals surface area contributed by atoms with Crippen LogP contribution in [-0.4, -0.2) is 26.6 Å². The van der Waals surface area contributed by atoms with Crippen LogP contribution in [0.3, 0.4) is 0 Å². The smallest absolute Gasteiger partial charge is 0.260 e. The van der Waals surface area contributed by atoms with Gasteiger partial charge in [-0.15, -0.1) is 0 Å². The highest BCUT2D eigenvalue weighted by Crippen LogP contribution is 2.29. The lowest BCUT2D eigenvalue weighted by Crippen LogP contribution is -2.18. The molecule has 2 amide bonds. The molecule has 0 fully saturated rings. The van der Waals surface area contributed by atoms with E-state index in [9.17, 15) is 9.59 Å². The van der Waals surface area contributed by atoms with Gasteiger partial charge in [-0.1, -0.05) is 65.4 Å². The first-order chi connectivity index (χ1) is 16.9. The topological polar surface area (TPSA) is 88.9 Å². The van der Waals surface area contributed by atoms with Crippen molar-refractivity contribution in [3.8, 4) is 5.69 Å². The van der Waals surface area contributed by atoms with Crippen LogP contribution < -0.4 is 10.6 Å². The molecule has 0 bridgehead atoms. The third-order valence-electron chi connectivity index (χ3n) is 5.49. The van der Waals surface area contributed by atoms with Crippen LogP contribution in [0.4, 0.5) is 10.8 Å². The minimum Gasteiger partial charge on any atom is -0.321 e. The Morgan fingerprint density at radius 1 is 0.886 bits per heavy atom. The predicted octanol–water partition coefficient (Wildman–Crippen LogP) is 6.26. The molecule has 3 aromatic carbocycles. The quantitative estimate of drug-likeness (QED) is 0.297. The maximum absolute atomic E-state index is 13.2. The number of fused-ring (bicyclic) bond motifs is 1. The number of para-hydroxylation sites is 3. The van der Waals surface area contributed by atoms with Gasteiger partial charge in [0.15, 0.2) is 5.13 Å². The minimum absolute atomic E-state index is 0.193. The molecule has 2 aromatic heterocycles. The number of hydrogen-bond acceptors (Lipinski definition) is 5. The second-order valence-corrected chi connectivity index (χ2v) is 9.28. The molecule has 0 saturated heterocycles. The largest absolute Gasteiger partial charge is 0.321 e. The summed E-state index contributed by atoms with van der Waals surface area (Å²) < 4.78 is 2.50. The fourth-order valence-electron chi connectivity index (χ4n) is 3.78. The van der Waals surface area contributed by atoms with Gasteiger partial charge in [-0.25, -0.2) is 9.67 Å². The summed E-state index contributed by atoms with van der Waals surface area (Å²) in [6.07, 6.45) is 0. The molecule has 7 nitrogen and oxygen atoms in total. The van der Waals surface area contributed by atoms with Crippen molar-refractivity contribution in [3.63, 3.8) is 0 Å². The Hall–Kier alpha value is -4.01. The van der Waals surface area contributed by atoms with Crippen LogP contribution in [0.2, 0.25) is 5.15 Å². The zero-order valence-electron chi connectivity index (χ0n) is 18.9. The lowest BCUT2D eigenvalue weighted by molar-refractivity contribution is 0.102. The Morgan fingerprint density at radius 2 is 1.63 bits per heavy atom. The van der Waals surface area contributed by atoms with E-state index < -0.39 is 5.91 Å². The van der Waals surface area contributed by atoms with Crippen molar-refractivity contribution in [1.82, 2.24) is 14.8 Å². The number of hydrogen-bond donors (Lipinski definition) is 2. The van der Waals surface area contributed by atoms with Gasteiger partial charge in [-0.2, -0.15) is 5.10 Å². The first-order valence-corrected chi connectivity index (χ1v) is 12.0. The van der Waals surface area contributed by atoms with Gasteiger partial charge in [0.25, 0.3) is 11.8 Å². The van der Waals surface area contributed by atoms with E-state index in [1.54, 1.807) is 31.2 Å². The Bertz CT molecular complexity index is 1580. The average Bonchev–Trinajstić information content (AvgIpc) is 3.40. The molecule has 9 heteroatoms. The Balaban J connectivity index is 1.40. The van der Waals surface area contributed by atoms with Crippen LogP contribution in [0.1, 0.15) is 32.0 Å². The van der Waals surface area contributed by atoms with Crippen molar-refractivity contribution < 1.29 is 9.59 Å². The lowest BCUT2D eigenvalue weighted by atomic mass is 10.1. The van der Waals surface area contributed by atoms with Gasteiger partial charge < -0.3 is 5.32 Å². The number of nitrogens with one attached hydrogen (secondary N) is 2. The lowest BCUT2D eigenvalue weighted by Gasteiger charge is -2.10. The summed E-state index contributed by atoms with van der Waals surface area (Å²) in [6, 6.07) is 22.0. The molecule has 0 unspecified atom stereocenters. The van der Waals surface area contributed by atoms with Crippen LogP contribution in [0, 0.1) is 13.8 Å². The molecule has 0 aliphatic rings. The molecule has 0 saturated carbocycles. The fraction of sp³-hybridized carbons (Fsp3) is 0.0769. The number of benzene rings is 3. The Morgan fingerprint density at radius 3 is 2.40 bits per heavy atom. The molecule has 5 aromatic rings. The maximum atomic E-state index is 13.2. The second-order valence-electron chi connectivity index (χ2n) is 7.89. The number of amides is 2. The normalized spacial score (nSPS) is 10.9. The average molecular weight is 502 g/mol. The molecule has 0 radical (unpaired) electrons. The number of nitrogens with zero attached hydrogens (tertiary/aromatic N) is 3. The summed E-state index contributed by atoms with van der Waals surface area (Å²) >= 11 is 7.94. The summed E-state index contributed by atoms with van der Waals surface area (Å²) in [5.74, 6) is -0.828. The number of aromatic nitrogens is 3. The summed E-state index contributed by atoms with van der Waals surface area (Å²) in [4.78, 5) is 30.8. The monoisotopic (exact) mass is 501 g/mol. The van der Waals surface area contributed by atoms with Gasteiger partial charge in [0.2, 0.25) is 0 Å². The van der Waals surface area contributed by atoms with E-state index >= 15 is 0 Å². The molecule has 2 N–H and O–H groups in total. The molecule has 0 atom stereocenters. The first kappa shape index (κ1) is 22.8. The molecular formula is C26H20ClN5O2S. The van der Waals surface area contributed by atoms with Crippen LogP contribution in [0.15, 0.2) is 72.8 Å². The van der Waals surface area contributed by atoms with Gasteiger partial charge in [-0.3, -0.25) is 14.9 Å². The summed E-state index contributed by atoms with van der Waals surface area (Å²) in [5, 5.41) is 10.8. The number of carbonyl (C=O) groups is 2. The Labute approximate surface area is 210 Å².